The Labute approximate surface area is 149 Å². The van der Waals surface area contributed by atoms with Gasteiger partial charge < -0.3 is 19.7 Å². The minimum absolute atomic E-state index is 0.410. The second kappa shape index (κ2) is 7.68. The van der Waals surface area contributed by atoms with Gasteiger partial charge in [0.1, 0.15) is 17.1 Å². The van der Waals surface area contributed by atoms with Gasteiger partial charge in [-0.15, -0.1) is 0 Å². The second-order valence-electron chi connectivity index (χ2n) is 5.47. The van der Waals surface area contributed by atoms with E-state index in [1.165, 1.54) is 7.11 Å². The predicted molar refractivity (Wildman–Crippen MR) is 97.1 cm³/mol. The standard InChI is InChI=1S/C18H19BrN2O3/c1-23-18(22)16-6-5-14(21-9-7-20-8-10-21)12-17(16)24-15-4-2-3-13(19)11-15/h2-6,11-12,20H,7-10H2,1H3. The lowest BCUT2D eigenvalue weighted by atomic mass is 10.1. The first-order valence-corrected chi connectivity index (χ1v) is 8.58. The highest BCUT2D eigenvalue weighted by Crippen LogP contribution is 2.31. The van der Waals surface area contributed by atoms with Crippen molar-refractivity contribution in [2.75, 3.05) is 38.2 Å². The van der Waals surface area contributed by atoms with Crippen LogP contribution in [0.5, 0.6) is 11.5 Å². The highest BCUT2D eigenvalue weighted by Gasteiger charge is 2.18. The van der Waals surface area contributed by atoms with Crippen LogP contribution in [-0.2, 0) is 4.74 Å². The SMILES string of the molecule is COC(=O)c1ccc(N2CCNCC2)cc1Oc1cccc(Br)c1. The lowest BCUT2D eigenvalue weighted by Crippen LogP contribution is -2.43. The molecule has 0 unspecified atom stereocenters. The fourth-order valence-corrected chi connectivity index (χ4v) is 3.03. The van der Waals surface area contributed by atoms with E-state index in [4.69, 9.17) is 9.47 Å². The van der Waals surface area contributed by atoms with E-state index in [0.29, 0.717) is 17.1 Å². The van der Waals surface area contributed by atoms with Gasteiger partial charge in [0.05, 0.1) is 7.11 Å². The van der Waals surface area contributed by atoms with E-state index >= 15 is 0 Å². The van der Waals surface area contributed by atoms with Crippen LogP contribution >= 0.6 is 15.9 Å². The molecular formula is C18H19BrN2O3. The molecule has 0 bridgehead atoms. The van der Waals surface area contributed by atoms with Crippen molar-refractivity contribution in [3.05, 3.63) is 52.5 Å². The molecule has 2 aromatic rings. The summed E-state index contributed by atoms with van der Waals surface area (Å²) in [6, 6.07) is 13.1. The molecule has 1 N–H and O–H groups in total. The van der Waals surface area contributed by atoms with Crippen LogP contribution < -0.4 is 15.0 Å². The topological polar surface area (TPSA) is 50.8 Å². The number of methoxy groups -OCH3 is 1. The molecule has 1 fully saturated rings. The number of nitrogens with one attached hydrogen (secondary N) is 1. The molecule has 0 radical (unpaired) electrons. The molecule has 126 valence electrons. The monoisotopic (exact) mass is 390 g/mol. The van der Waals surface area contributed by atoms with Crippen molar-refractivity contribution in [3.8, 4) is 11.5 Å². The molecule has 24 heavy (non-hydrogen) atoms. The smallest absolute Gasteiger partial charge is 0.341 e. The summed E-state index contributed by atoms with van der Waals surface area (Å²) >= 11 is 3.43. The van der Waals surface area contributed by atoms with Crippen molar-refractivity contribution >= 4 is 27.6 Å². The Morgan fingerprint density at radius 1 is 1.17 bits per heavy atom. The molecule has 0 aromatic heterocycles. The Bertz CT molecular complexity index is 730. The van der Waals surface area contributed by atoms with E-state index in [1.807, 2.05) is 36.4 Å². The number of anilines is 1. The van der Waals surface area contributed by atoms with Crippen LogP contribution in [0.2, 0.25) is 0 Å². The molecule has 1 aliphatic rings. The van der Waals surface area contributed by atoms with E-state index in [-0.39, 0.29) is 0 Å². The summed E-state index contributed by atoms with van der Waals surface area (Å²) in [5.74, 6) is 0.745. The Balaban J connectivity index is 1.94. The molecule has 0 amide bonds. The van der Waals surface area contributed by atoms with Crippen LogP contribution in [0.25, 0.3) is 0 Å². The van der Waals surface area contributed by atoms with Crippen molar-refractivity contribution in [1.29, 1.82) is 0 Å². The minimum atomic E-state index is -0.410. The molecule has 1 saturated heterocycles. The third-order valence-corrected chi connectivity index (χ3v) is 4.37. The molecule has 3 rings (SSSR count). The van der Waals surface area contributed by atoms with Gasteiger partial charge >= 0.3 is 5.97 Å². The summed E-state index contributed by atoms with van der Waals surface area (Å²) in [5.41, 5.74) is 1.45. The number of carbonyl (C=O) groups excluding carboxylic acids is 1. The van der Waals surface area contributed by atoms with Crippen molar-refractivity contribution < 1.29 is 14.3 Å². The first kappa shape index (κ1) is 16.8. The van der Waals surface area contributed by atoms with Gasteiger partial charge in [0, 0.05) is 42.4 Å². The maximum absolute atomic E-state index is 12.0. The van der Waals surface area contributed by atoms with E-state index in [0.717, 1.165) is 36.3 Å². The number of nitrogens with zero attached hydrogens (tertiary/aromatic N) is 1. The molecule has 0 saturated carbocycles. The van der Waals surface area contributed by atoms with Gasteiger partial charge in [0.25, 0.3) is 0 Å². The average molecular weight is 391 g/mol. The highest BCUT2D eigenvalue weighted by molar-refractivity contribution is 9.10. The fourth-order valence-electron chi connectivity index (χ4n) is 2.65. The molecular weight excluding hydrogens is 372 g/mol. The van der Waals surface area contributed by atoms with Crippen LogP contribution in [0.15, 0.2) is 46.9 Å². The van der Waals surface area contributed by atoms with Gasteiger partial charge in [-0.05, 0) is 30.3 Å². The summed E-state index contributed by atoms with van der Waals surface area (Å²) in [6.07, 6.45) is 0. The number of halogens is 1. The van der Waals surface area contributed by atoms with Crippen LogP contribution in [-0.4, -0.2) is 39.3 Å². The number of piperazine rings is 1. The first-order chi connectivity index (χ1) is 11.7. The van der Waals surface area contributed by atoms with Crippen LogP contribution in [0.1, 0.15) is 10.4 Å². The molecule has 0 spiro atoms. The highest BCUT2D eigenvalue weighted by atomic mass is 79.9. The summed E-state index contributed by atoms with van der Waals surface area (Å²) in [4.78, 5) is 14.3. The quantitative estimate of drug-likeness (QED) is 0.810. The molecule has 1 heterocycles. The molecule has 0 atom stereocenters. The van der Waals surface area contributed by atoms with Gasteiger partial charge in [-0.2, -0.15) is 0 Å². The average Bonchev–Trinajstić information content (AvgIpc) is 2.62. The van der Waals surface area contributed by atoms with E-state index < -0.39 is 5.97 Å². The number of hydrogen-bond acceptors (Lipinski definition) is 5. The maximum Gasteiger partial charge on any atom is 0.341 e. The third-order valence-electron chi connectivity index (χ3n) is 3.88. The van der Waals surface area contributed by atoms with Crippen molar-refractivity contribution in [2.45, 2.75) is 0 Å². The number of ether oxygens (including phenoxy) is 2. The molecule has 6 heteroatoms. The first-order valence-electron chi connectivity index (χ1n) is 7.79. The molecule has 2 aromatic carbocycles. The Morgan fingerprint density at radius 2 is 1.96 bits per heavy atom. The van der Waals surface area contributed by atoms with E-state index in [9.17, 15) is 4.79 Å². The van der Waals surface area contributed by atoms with Gasteiger partial charge in [0.2, 0.25) is 0 Å². The van der Waals surface area contributed by atoms with Gasteiger partial charge in [-0.3, -0.25) is 0 Å². The summed E-state index contributed by atoms with van der Waals surface area (Å²) < 4.78 is 11.8. The van der Waals surface area contributed by atoms with Gasteiger partial charge in [-0.25, -0.2) is 4.79 Å². The number of carbonyl (C=O) groups is 1. The lowest BCUT2D eigenvalue weighted by molar-refractivity contribution is 0.0598. The van der Waals surface area contributed by atoms with Crippen molar-refractivity contribution in [1.82, 2.24) is 5.32 Å². The second-order valence-corrected chi connectivity index (χ2v) is 6.38. The summed E-state index contributed by atoms with van der Waals surface area (Å²) in [7, 11) is 1.37. The van der Waals surface area contributed by atoms with E-state index in [1.54, 1.807) is 6.07 Å². The molecule has 0 aliphatic carbocycles. The summed E-state index contributed by atoms with van der Waals surface area (Å²) in [6.45, 7) is 3.74. The zero-order valence-corrected chi connectivity index (χ0v) is 15.0. The molecule has 1 aliphatic heterocycles. The Morgan fingerprint density at radius 3 is 2.67 bits per heavy atom. The zero-order chi connectivity index (χ0) is 16.9. The van der Waals surface area contributed by atoms with Crippen LogP contribution in [0.3, 0.4) is 0 Å². The van der Waals surface area contributed by atoms with Gasteiger partial charge in [-0.1, -0.05) is 22.0 Å². The van der Waals surface area contributed by atoms with Crippen LogP contribution in [0, 0.1) is 0 Å². The fraction of sp³-hybridized carbons (Fsp3) is 0.278. The Hall–Kier alpha value is -2.05. The third kappa shape index (κ3) is 3.88. The number of esters is 1. The minimum Gasteiger partial charge on any atom is -0.465 e. The summed E-state index contributed by atoms with van der Waals surface area (Å²) in [5, 5.41) is 3.33. The van der Waals surface area contributed by atoms with Crippen molar-refractivity contribution in [3.63, 3.8) is 0 Å². The largest absolute Gasteiger partial charge is 0.465 e. The normalized spacial score (nSPS) is 14.3. The number of benzene rings is 2. The number of hydrogen-bond donors (Lipinski definition) is 1. The van der Waals surface area contributed by atoms with Crippen molar-refractivity contribution in [2.24, 2.45) is 0 Å². The van der Waals surface area contributed by atoms with E-state index in [2.05, 4.69) is 26.1 Å². The lowest BCUT2D eigenvalue weighted by Gasteiger charge is -2.30. The number of rotatable bonds is 4. The predicted octanol–water partition coefficient (Wildman–Crippen LogP) is 3.44. The Kier molecular flexibility index (Phi) is 5.37. The zero-order valence-electron chi connectivity index (χ0n) is 13.4. The van der Waals surface area contributed by atoms with Crippen LogP contribution in [0.4, 0.5) is 5.69 Å². The van der Waals surface area contributed by atoms with Gasteiger partial charge in [0.15, 0.2) is 0 Å². The molecule has 5 nitrogen and oxygen atoms in total. The maximum atomic E-state index is 12.0.